The Morgan fingerprint density at radius 3 is 1.24 bits per heavy atom. The Labute approximate surface area is 163 Å². The number of hydrogen-bond donors (Lipinski definition) is 2. The SMILES string of the molecule is O=NC1=C(N=O)C(C(=O)O)SS1.O=NC1=C(N=O)C(C(=O)O)SS1.[Fe]. The number of carbonyl (C=O) groups is 2. The van der Waals surface area contributed by atoms with Crippen LogP contribution in [0.5, 0.6) is 0 Å². The van der Waals surface area contributed by atoms with Crippen LogP contribution in [0.1, 0.15) is 0 Å². The monoisotopic (exact) mass is 468 g/mol. The van der Waals surface area contributed by atoms with Crippen molar-refractivity contribution in [2.75, 3.05) is 0 Å². The fraction of sp³-hybridized carbons (Fsp3) is 0.250. The molecular weight excluding hydrogens is 464 g/mol. The number of aliphatic carboxylic acids is 2. The standard InChI is InChI=1S/2C4H2N2O4S2.Fe/c2*7-4(8)2-1(5-9)3(6-10)12-11-2;/h2*2H,(H,7,8);. The maximum atomic E-state index is 10.4. The smallest absolute Gasteiger partial charge is 0.323 e. The van der Waals surface area contributed by atoms with Gasteiger partial charge in [0.15, 0.2) is 20.6 Å². The largest absolute Gasteiger partial charge is 0.480 e. The topological polar surface area (TPSA) is 192 Å². The molecule has 17 heteroatoms. The van der Waals surface area contributed by atoms with Crippen molar-refractivity contribution in [2.24, 2.45) is 20.7 Å². The quantitative estimate of drug-likeness (QED) is 0.329. The molecule has 0 bridgehead atoms. The van der Waals surface area contributed by atoms with Crippen LogP contribution in [0, 0.1) is 19.6 Å². The number of rotatable bonds is 6. The molecule has 136 valence electrons. The predicted molar refractivity (Wildman–Crippen MR) is 90.4 cm³/mol. The maximum absolute atomic E-state index is 10.4. The molecule has 0 aromatic rings. The first-order valence-electron chi connectivity index (χ1n) is 5.35. The van der Waals surface area contributed by atoms with Crippen molar-refractivity contribution in [3.8, 4) is 0 Å². The molecule has 0 saturated heterocycles. The molecule has 0 aliphatic carbocycles. The summed E-state index contributed by atoms with van der Waals surface area (Å²) in [5.41, 5.74) is -0.597. The van der Waals surface area contributed by atoms with Crippen LogP contribution in [0.3, 0.4) is 0 Å². The minimum atomic E-state index is -1.19. The van der Waals surface area contributed by atoms with Gasteiger partial charge in [-0.15, -0.1) is 19.6 Å². The molecule has 2 rings (SSSR count). The Morgan fingerprint density at radius 2 is 1.04 bits per heavy atom. The van der Waals surface area contributed by atoms with Crippen molar-refractivity contribution >= 4 is 55.1 Å². The second-order valence-corrected chi connectivity index (χ2v) is 8.13. The Balaban J connectivity index is 0.000000443. The number of carboxylic acids is 2. The first kappa shape index (κ1) is 23.7. The molecule has 0 radical (unpaired) electrons. The summed E-state index contributed by atoms with van der Waals surface area (Å²) >= 11 is 0. The predicted octanol–water partition coefficient (Wildman–Crippen LogP) is 3.07. The van der Waals surface area contributed by atoms with Crippen molar-refractivity contribution in [3.05, 3.63) is 41.1 Å². The van der Waals surface area contributed by atoms with E-state index in [1.54, 1.807) is 0 Å². The minimum absolute atomic E-state index is 0. The summed E-state index contributed by atoms with van der Waals surface area (Å²) < 4.78 is 0. The van der Waals surface area contributed by atoms with Crippen molar-refractivity contribution in [1.82, 2.24) is 0 Å². The van der Waals surface area contributed by atoms with E-state index in [1.165, 1.54) is 0 Å². The van der Waals surface area contributed by atoms with Crippen molar-refractivity contribution in [2.45, 2.75) is 10.5 Å². The van der Waals surface area contributed by atoms with E-state index in [1.807, 2.05) is 0 Å². The molecule has 12 nitrogen and oxygen atoms in total. The molecule has 2 heterocycles. The second kappa shape index (κ2) is 11.4. The third-order valence-electron chi connectivity index (χ3n) is 2.19. The number of nitrogens with zero attached hydrogens (tertiary/aromatic N) is 4. The van der Waals surface area contributed by atoms with E-state index < -0.39 is 22.4 Å². The van der Waals surface area contributed by atoms with E-state index in [0.29, 0.717) is 0 Å². The van der Waals surface area contributed by atoms with Gasteiger partial charge in [-0.05, 0) is 42.3 Å². The molecule has 0 spiro atoms. The molecule has 2 atom stereocenters. The van der Waals surface area contributed by atoms with Gasteiger partial charge in [-0.2, -0.15) is 0 Å². The van der Waals surface area contributed by atoms with Gasteiger partial charge in [0.2, 0.25) is 0 Å². The maximum Gasteiger partial charge on any atom is 0.323 e. The molecule has 0 saturated carbocycles. The van der Waals surface area contributed by atoms with Crippen LogP contribution in [0.2, 0.25) is 0 Å². The first-order chi connectivity index (χ1) is 11.4. The fourth-order valence-electron chi connectivity index (χ4n) is 1.20. The Hall–Kier alpha value is -1.26. The Kier molecular flexibility index (Phi) is 10.8. The van der Waals surface area contributed by atoms with Crippen molar-refractivity contribution in [3.63, 3.8) is 0 Å². The molecule has 2 aliphatic rings. The molecular formula is C8H4FeN4O8S4. The molecule has 25 heavy (non-hydrogen) atoms. The zero-order valence-electron chi connectivity index (χ0n) is 11.3. The van der Waals surface area contributed by atoms with Gasteiger partial charge in [0.05, 0.1) is 0 Å². The molecule has 2 aliphatic heterocycles. The average Bonchev–Trinajstić information content (AvgIpc) is 3.17. The number of nitroso groups, excluding NO2 is 4. The van der Waals surface area contributed by atoms with E-state index >= 15 is 0 Å². The second-order valence-electron chi connectivity index (χ2n) is 3.54. The van der Waals surface area contributed by atoms with E-state index in [0.717, 1.165) is 43.2 Å². The molecule has 2 N–H and O–H groups in total. The van der Waals surface area contributed by atoms with E-state index in [9.17, 15) is 29.2 Å². The number of carboxylic acid groups (broad SMARTS) is 2. The zero-order chi connectivity index (χ0) is 18.3. The molecule has 0 amide bonds. The Bertz CT molecular complexity index is 615. The van der Waals surface area contributed by atoms with Crippen molar-refractivity contribution in [1.29, 1.82) is 0 Å². The summed E-state index contributed by atoms with van der Waals surface area (Å²) in [6.07, 6.45) is 0. The van der Waals surface area contributed by atoms with Gasteiger partial charge >= 0.3 is 11.9 Å². The van der Waals surface area contributed by atoms with Crippen LogP contribution in [0.15, 0.2) is 42.2 Å². The normalized spacial score (nSPS) is 21.6. The third kappa shape index (κ3) is 5.89. The summed E-state index contributed by atoms with van der Waals surface area (Å²) in [4.78, 5) is 61.1. The van der Waals surface area contributed by atoms with E-state index in [-0.39, 0.29) is 38.5 Å². The molecule has 2 unspecified atom stereocenters. The molecule has 0 fully saturated rings. The van der Waals surface area contributed by atoms with Crippen LogP contribution >= 0.6 is 43.2 Å². The zero-order valence-corrected chi connectivity index (χ0v) is 15.6. The molecule has 0 aromatic heterocycles. The fourth-order valence-corrected chi connectivity index (χ4v) is 5.78. The van der Waals surface area contributed by atoms with Gasteiger partial charge in [-0.25, -0.2) is 0 Å². The van der Waals surface area contributed by atoms with Gasteiger partial charge in [-0.1, -0.05) is 21.6 Å². The Morgan fingerprint density at radius 1 is 0.720 bits per heavy atom. The van der Waals surface area contributed by atoms with Gasteiger partial charge < -0.3 is 10.2 Å². The van der Waals surface area contributed by atoms with E-state index in [4.69, 9.17) is 10.2 Å². The van der Waals surface area contributed by atoms with Crippen LogP contribution in [0.4, 0.5) is 0 Å². The summed E-state index contributed by atoms with van der Waals surface area (Å²) in [7, 11) is 3.45. The van der Waals surface area contributed by atoms with Gasteiger partial charge in [0.25, 0.3) is 0 Å². The van der Waals surface area contributed by atoms with Gasteiger partial charge in [0, 0.05) is 17.1 Å². The molecule has 0 aromatic carbocycles. The average molecular weight is 468 g/mol. The summed E-state index contributed by atoms with van der Waals surface area (Å²) in [5, 5.41) is 24.5. The van der Waals surface area contributed by atoms with Gasteiger partial charge in [-0.3, -0.25) is 9.59 Å². The third-order valence-corrected chi connectivity index (χ3v) is 7.18. The van der Waals surface area contributed by atoms with Crippen molar-refractivity contribution < 1.29 is 36.9 Å². The first-order valence-corrected chi connectivity index (χ1v) is 9.77. The van der Waals surface area contributed by atoms with E-state index in [2.05, 4.69) is 20.7 Å². The summed E-state index contributed by atoms with van der Waals surface area (Å²) in [6, 6.07) is 0. The minimum Gasteiger partial charge on any atom is -0.480 e. The number of hydrogen-bond acceptors (Lipinski definition) is 14. The van der Waals surface area contributed by atoms with Crippen LogP contribution in [-0.4, -0.2) is 32.7 Å². The summed E-state index contributed by atoms with van der Waals surface area (Å²) in [5.74, 6) is -2.39. The summed E-state index contributed by atoms with van der Waals surface area (Å²) in [6.45, 7) is 0. The van der Waals surface area contributed by atoms with Crippen LogP contribution < -0.4 is 0 Å². The van der Waals surface area contributed by atoms with Crippen LogP contribution in [0.25, 0.3) is 0 Å². The van der Waals surface area contributed by atoms with Crippen LogP contribution in [-0.2, 0) is 26.7 Å². The van der Waals surface area contributed by atoms with Gasteiger partial charge in [0.1, 0.15) is 11.4 Å².